The Morgan fingerprint density at radius 1 is 1.18 bits per heavy atom. The van der Waals surface area contributed by atoms with Gasteiger partial charge >= 0.3 is 0 Å². The molecule has 0 spiro atoms. The highest BCUT2D eigenvalue weighted by Crippen LogP contribution is 2.16. The standard InChI is InChI=1S/C19H32N4O3S.HI/c1-4-20-18(22-16-19(2,3)23-11-13-26-14-12-23)21-10-15-27(24,25)17-8-6-5-7-9-17;/h5-9H,4,10-16H2,1-3H3,(H2,20,21,22);1H. The van der Waals surface area contributed by atoms with Gasteiger partial charge in [0.2, 0.25) is 0 Å². The van der Waals surface area contributed by atoms with E-state index in [-0.39, 0.29) is 35.3 Å². The van der Waals surface area contributed by atoms with Crippen molar-refractivity contribution in [1.29, 1.82) is 0 Å². The number of halogens is 1. The number of nitrogens with one attached hydrogen (secondary N) is 2. The molecule has 0 radical (unpaired) electrons. The van der Waals surface area contributed by atoms with E-state index in [9.17, 15) is 8.42 Å². The van der Waals surface area contributed by atoms with Crippen molar-refractivity contribution in [1.82, 2.24) is 15.5 Å². The van der Waals surface area contributed by atoms with E-state index >= 15 is 0 Å². The van der Waals surface area contributed by atoms with Crippen LogP contribution in [-0.2, 0) is 14.6 Å². The van der Waals surface area contributed by atoms with Crippen LogP contribution >= 0.6 is 24.0 Å². The lowest BCUT2D eigenvalue weighted by molar-refractivity contribution is -0.00683. The van der Waals surface area contributed by atoms with Crippen LogP contribution in [0.3, 0.4) is 0 Å². The van der Waals surface area contributed by atoms with E-state index in [0.29, 0.717) is 23.9 Å². The number of sulfone groups is 1. The molecule has 28 heavy (non-hydrogen) atoms. The Morgan fingerprint density at radius 2 is 1.82 bits per heavy atom. The number of morpholine rings is 1. The van der Waals surface area contributed by atoms with E-state index in [1.807, 2.05) is 13.0 Å². The van der Waals surface area contributed by atoms with Gasteiger partial charge in [-0.25, -0.2) is 8.42 Å². The Bertz CT molecular complexity index is 705. The van der Waals surface area contributed by atoms with Crippen LogP contribution in [0.25, 0.3) is 0 Å². The average molecular weight is 524 g/mol. The maximum Gasteiger partial charge on any atom is 0.191 e. The van der Waals surface area contributed by atoms with E-state index < -0.39 is 9.84 Å². The van der Waals surface area contributed by atoms with Gasteiger partial charge < -0.3 is 15.4 Å². The molecule has 1 aliphatic rings. The molecule has 0 amide bonds. The van der Waals surface area contributed by atoms with E-state index in [0.717, 1.165) is 32.8 Å². The van der Waals surface area contributed by atoms with Crippen LogP contribution in [0.2, 0.25) is 0 Å². The first-order chi connectivity index (χ1) is 12.8. The van der Waals surface area contributed by atoms with Gasteiger partial charge in [0.25, 0.3) is 0 Å². The summed E-state index contributed by atoms with van der Waals surface area (Å²) in [7, 11) is -3.30. The fourth-order valence-corrected chi connectivity index (χ4v) is 4.11. The van der Waals surface area contributed by atoms with E-state index in [2.05, 4.69) is 34.4 Å². The normalized spacial score (nSPS) is 16.3. The minimum Gasteiger partial charge on any atom is -0.379 e. The summed E-state index contributed by atoms with van der Waals surface area (Å²) in [6.45, 7) is 11.3. The summed E-state index contributed by atoms with van der Waals surface area (Å²) in [6.07, 6.45) is 0. The van der Waals surface area contributed by atoms with E-state index in [4.69, 9.17) is 4.74 Å². The van der Waals surface area contributed by atoms with Crippen LogP contribution in [-0.4, -0.2) is 76.5 Å². The molecule has 9 heteroatoms. The first kappa shape index (κ1) is 25.1. The zero-order valence-electron chi connectivity index (χ0n) is 17.0. The van der Waals surface area contributed by atoms with Crippen LogP contribution in [0.4, 0.5) is 0 Å². The second-order valence-electron chi connectivity index (χ2n) is 7.17. The molecule has 0 unspecified atom stereocenters. The topological polar surface area (TPSA) is 83.0 Å². The molecule has 1 aliphatic heterocycles. The van der Waals surface area contributed by atoms with Crippen molar-refractivity contribution in [2.45, 2.75) is 31.2 Å². The maximum absolute atomic E-state index is 12.4. The number of ether oxygens (including phenoxy) is 1. The highest BCUT2D eigenvalue weighted by Gasteiger charge is 2.28. The zero-order valence-corrected chi connectivity index (χ0v) is 20.1. The van der Waals surface area contributed by atoms with Gasteiger partial charge in [-0.1, -0.05) is 18.2 Å². The lowest BCUT2D eigenvalue weighted by Gasteiger charge is -2.39. The molecule has 160 valence electrons. The van der Waals surface area contributed by atoms with Crippen molar-refractivity contribution in [3.63, 3.8) is 0 Å². The van der Waals surface area contributed by atoms with Gasteiger partial charge in [0.15, 0.2) is 15.8 Å². The van der Waals surface area contributed by atoms with Crippen molar-refractivity contribution in [2.75, 3.05) is 51.7 Å². The molecular formula is C19H33IN4O3S. The van der Waals surface area contributed by atoms with E-state index in [1.165, 1.54) is 0 Å². The summed E-state index contributed by atoms with van der Waals surface area (Å²) in [5, 5.41) is 6.32. The van der Waals surface area contributed by atoms with Crippen LogP contribution in [0.5, 0.6) is 0 Å². The summed E-state index contributed by atoms with van der Waals surface area (Å²) in [6, 6.07) is 8.53. The Morgan fingerprint density at radius 3 is 2.43 bits per heavy atom. The van der Waals surface area contributed by atoms with Crippen LogP contribution < -0.4 is 10.6 Å². The third-order valence-corrected chi connectivity index (χ3v) is 6.33. The zero-order chi connectivity index (χ0) is 19.8. The third-order valence-electron chi connectivity index (χ3n) is 4.60. The molecule has 1 heterocycles. The molecule has 2 rings (SSSR count). The first-order valence-electron chi connectivity index (χ1n) is 9.48. The largest absolute Gasteiger partial charge is 0.379 e. The molecule has 0 aliphatic carbocycles. The highest BCUT2D eigenvalue weighted by molar-refractivity contribution is 14.0. The average Bonchev–Trinajstić information content (AvgIpc) is 2.67. The monoisotopic (exact) mass is 524 g/mol. The number of hydrogen-bond acceptors (Lipinski definition) is 5. The Balaban J connectivity index is 0.00000392. The molecule has 7 nitrogen and oxygen atoms in total. The molecule has 1 fully saturated rings. The quantitative estimate of drug-likeness (QED) is 0.307. The fraction of sp³-hybridized carbons (Fsp3) is 0.632. The van der Waals surface area contributed by atoms with Crippen LogP contribution in [0, 0.1) is 0 Å². The third kappa shape index (κ3) is 7.84. The van der Waals surface area contributed by atoms with Gasteiger partial charge in [0.1, 0.15) is 0 Å². The van der Waals surface area contributed by atoms with Gasteiger partial charge in [-0.15, -0.1) is 24.0 Å². The highest BCUT2D eigenvalue weighted by atomic mass is 127. The number of rotatable bonds is 8. The molecule has 0 bridgehead atoms. The Kier molecular flexibility index (Phi) is 10.7. The molecule has 2 N–H and O–H groups in total. The van der Waals surface area contributed by atoms with Crippen molar-refractivity contribution in [3.8, 4) is 0 Å². The number of aliphatic imine (C=N–C) groups is 1. The van der Waals surface area contributed by atoms with Gasteiger partial charge in [-0.2, -0.15) is 0 Å². The molecule has 1 aromatic rings. The van der Waals surface area contributed by atoms with Gasteiger partial charge in [0, 0.05) is 31.7 Å². The second-order valence-corrected chi connectivity index (χ2v) is 9.27. The van der Waals surface area contributed by atoms with Crippen LogP contribution in [0.1, 0.15) is 20.8 Å². The number of benzene rings is 1. The number of guanidine groups is 1. The summed E-state index contributed by atoms with van der Waals surface area (Å²) < 4.78 is 30.2. The van der Waals surface area contributed by atoms with Crippen molar-refractivity contribution in [3.05, 3.63) is 30.3 Å². The first-order valence-corrected chi connectivity index (χ1v) is 11.1. The lowest BCUT2D eigenvalue weighted by Crippen LogP contribution is -2.52. The SMILES string of the molecule is CCNC(=NCC(C)(C)N1CCOCC1)NCCS(=O)(=O)c1ccccc1.I. The Labute approximate surface area is 186 Å². The number of nitrogens with zero attached hydrogens (tertiary/aromatic N) is 2. The maximum atomic E-state index is 12.4. The van der Waals surface area contributed by atoms with Crippen molar-refractivity contribution >= 4 is 39.8 Å². The van der Waals surface area contributed by atoms with Gasteiger partial charge in [-0.05, 0) is 32.9 Å². The predicted molar refractivity (Wildman–Crippen MR) is 124 cm³/mol. The molecule has 1 saturated heterocycles. The minimum atomic E-state index is -3.30. The summed E-state index contributed by atoms with van der Waals surface area (Å²) >= 11 is 0. The molecule has 0 atom stereocenters. The van der Waals surface area contributed by atoms with Crippen molar-refractivity contribution < 1.29 is 13.2 Å². The van der Waals surface area contributed by atoms with E-state index in [1.54, 1.807) is 24.3 Å². The minimum absolute atomic E-state index is 0. The van der Waals surface area contributed by atoms with Crippen LogP contribution in [0.15, 0.2) is 40.2 Å². The molecular weight excluding hydrogens is 491 g/mol. The number of hydrogen-bond donors (Lipinski definition) is 2. The predicted octanol–water partition coefficient (Wildman–Crippen LogP) is 1.74. The molecule has 0 saturated carbocycles. The van der Waals surface area contributed by atoms with Gasteiger partial charge in [-0.3, -0.25) is 9.89 Å². The summed E-state index contributed by atoms with van der Waals surface area (Å²) in [4.78, 5) is 7.40. The summed E-state index contributed by atoms with van der Waals surface area (Å²) in [5.41, 5.74) is -0.0811. The molecule has 0 aromatic heterocycles. The van der Waals surface area contributed by atoms with Gasteiger partial charge in [0.05, 0.1) is 30.4 Å². The second kappa shape index (κ2) is 11.9. The van der Waals surface area contributed by atoms with Crippen molar-refractivity contribution in [2.24, 2.45) is 4.99 Å². The fourth-order valence-electron chi connectivity index (χ4n) is 2.93. The smallest absolute Gasteiger partial charge is 0.191 e. The Hall–Kier alpha value is -0.910. The molecule has 1 aromatic carbocycles. The summed E-state index contributed by atoms with van der Waals surface area (Å²) in [5.74, 6) is 0.663. The lowest BCUT2D eigenvalue weighted by atomic mass is 10.0.